The highest BCUT2D eigenvalue weighted by Gasteiger charge is 2.71. The molecule has 3 aromatic carbocycles. The Morgan fingerprint density at radius 2 is 1.65 bits per heavy atom. The molecule has 0 unspecified atom stereocenters. The van der Waals surface area contributed by atoms with E-state index in [0.717, 1.165) is 11.3 Å². The van der Waals surface area contributed by atoms with Crippen molar-refractivity contribution in [2.24, 2.45) is 5.41 Å². The van der Waals surface area contributed by atoms with Crippen molar-refractivity contribution < 1.29 is 23.9 Å². The van der Waals surface area contributed by atoms with Crippen LogP contribution in [0, 0.1) is 5.41 Å². The van der Waals surface area contributed by atoms with Crippen molar-refractivity contribution >= 4 is 40.7 Å². The Hall–Kier alpha value is -3.90. The van der Waals surface area contributed by atoms with Gasteiger partial charge in [-0.15, -0.1) is 0 Å². The lowest BCUT2D eigenvalue weighted by Crippen LogP contribution is -2.48. The minimum atomic E-state index is -1.56. The van der Waals surface area contributed by atoms with Crippen molar-refractivity contribution in [3.8, 4) is 11.5 Å². The van der Waals surface area contributed by atoms with Crippen molar-refractivity contribution in [2.75, 3.05) is 19.1 Å². The summed E-state index contributed by atoms with van der Waals surface area (Å²) >= 11 is 6.28. The molecule has 1 saturated heterocycles. The largest absolute Gasteiger partial charge is 0.497 e. The van der Waals surface area contributed by atoms with Crippen LogP contribution in [-0.4, -0.2) is 43.7 Å². The summed E-state index contributed by atoms with van der Waals surface area (Å²) in [6, 6.07) is 16.1. The first-order valence-electron chi connectivity index (χ1n) is 12.0. The van der Waals surface area contributed by atoms with Gasteiger partial charge in [0.2, 0.25) is 0 Å². The molecule has 3 atom stereocenters. The molecular weight excluding hydrogens is 490 g/mol. The molecule has 0 N–H and O–H groups in total. The Bertz CT molecular complexity index is 1490. The second-order valence-electron chi connectivity index (χ2n) is 9.63. The van der Waals surface area contributed by atoms with Gasteiger partial charge in [0.15, 0.2) is 17.3 Å². The number of anilines is 1. The number of methoxy groups -OCH3 is 2. The fraction of sp³-hybridized carbons (Fsp3) is 0.233. The number of carbonyl (C=O) groups excluding carboxylic acids is 3. The fourth-order valence-corrected chi connectivity index (χ4v) is 6.70. The van der Waals surface area contributed by atoms with Crippen molar-refractivity contribution in [1.29, 1.82) is 0 Å². The van der Waals surface area contributed by atoms with Gasteiger partial charge in [-0.05, 0) is 36.8 Å². The first-order chi connectivity index (χ1) is 17.8. The third kappa shape index (κ3) is 3.02. The van der Waals surface area contributed by atoms with Crippen LogP contribution in [-0.2, 0) is 4.79 Å². The molecule has 1 aliphatic carbocycles. The predicted octanol–water partition coefficient (Wildman–Crippen LogP) is 5.38. The summed E-state index contributed by atoms with van der Waals surface area (Å²) < 4.78 is 11.1. The highest BCUT2D eigenvalue weighted by Crippen LogP contribution is 2.61. The van der Waals surface area contributed by atoms with Crippen LogP contribution >= 0.6 is 11.6 Å². The van der Waals surface area contributed by atoms with E-state index in [1.807, 2.05) is 29.2 Å². The molecule has 2 heterocycles. The van der Waals surface area contributed by atoms with Gasteiger partial charge < -0.3 is 14.4 Å². The normalized spacial score (nSPS) is 22.6. The number of ketones is 3. The Morgan fingerprint density at radius 3 is 2.27 bits per heavy atom. The van der Waals surface area contributed by atoms with Gasteiger partial charge in [-0.25, -0.2) is 0 Å². The quantitative estimate of drug-likeness (QED) is 0.436. The number of Topliss-reactive ketones (excluding diaryl/α,β-unsaturated/α-hetero) is 3. The Balaban J connectivity index is 1.69. The van der Waals surface area contributed by atoms with Crippen molar-refractivity contribution in [1.82, 2.24) is 0 Å². The van der Waals surface area contributed by atoms with Crippen molar-refractivity contribution in [3.63, 3.8) is 0 Å². The molecule has 0 radical (unpaired) electrons. The number of halogens is 1. The molecule has 0 amide bonds. The van der Waals surface area contributed by atoms with E-state index in [9.17, 15) is 14.4 Å². The molecule has 0 aromatic heterocycles. The smallest absolute Gasteiger partial charge is 0.180 e. The van der Waals surface area contributed by atoms with E-state index in [-0.39, 0.29) is 17.3 Å². The maximum atomic E-state index is 14.4. The molecule has 1 fully saturated rings. The van der Waals surface area contributed by atoms with Gasteiger partial charge >= 0.3 is 0 Å². The lowest BCUT2D eigenvalue weighted by atomic mass is 9.64. The molecule has 1 spiro atoms. The van der Waals surface area contributed by atoms with Crippen molar-refractivity contribution in [3.05, 3.63) is 94.0 Å². The highest BCUT2D eigenvalue weighted by atomic mass is 35.5. The number of carbonyl (C=O) groups is 3. The molecule has 186 valence electrons. The molecule has 0 bridgehead atoms. The summed E-state index contributed by atoms with van der Waals surface area (Å²) in [7, 11) is 3.08. The zero-order valence-electron chi connectivity index (χ0n) is 20.5. The Kier molecular flexibility index (Phi) is 5.28. The van der Waals surface area contributed by atoms with E-state index < -0.39 is 23.4 Å². The van der Waals surface area contributed by atoms with Crippen LogP contribution in [0.3, 0.4) is 0 Å². The number of fused-ring (bicyclic) bond motifs is 5. The molecule has 37 heavy (non-hydrogen) atoms. The Morgan fingerprint density at radius 1 is 0.946 bits per heavy atom. The minimum Gasteiger partial charge on any atom is -0.497 e. The maximum Gasteiger partial charge on any atom is 0.180 e. The van der Waals surface area contributed by atoms with Gasteiger partial charge in [-0.1, -0.05) is 54.1 Å². The fourth-order valence-electron chi connectivity index (χ4n) is 6.52. The van der Waals surface area contributed by atoms with Crippen LogP contribution in [0.25, 0.3) is 6.08 Å². The SMILES string of the molecule is COc1ccc([C@@H]2[C@H](C(C)=O)N3c4ccc(Cl)cc4C=C[C@@H]3C23C(=O)c2ccccc2C3=O)c(OC)c1. The van der Waals surface area contributed by atoms with E-state index in [1.165, 1.54) is 14.0 Å². The third-order valence-corrected chi connectivity index (χ3v) is 8.19. The molecule has 0 saturated carbocycles. The summed E-state index contributed by atoms with van der Waals surface area (Å²) in [5.41, 5.74) is 1.38. The average Bonchev–Trinajstić information content (AvgIpc) is 3.34. The molecule has 6 nitrogen and oxygen atoms in total. The van der Waals surface area contributed by atoms with E-state index in [2.05, 4.69) is 0 Å². The number of nitrogens with zero attached hydrogens (tertiary/aromatic N) is 1. The Labute approximate surface area is 219 Å². The highest BCUT2D eigenvalue weighted by molar-refractivity contribution is 6.32. The van der Waals surface area contributed by atoms with Crippen LogP contribution in [0.4, 0.5) is 5.69 Å². The molecular formula is C30H24ClNO5. The van der Waals surface area contributed by atoms with E-state index in [0.29, 0.717) is 33.2 Å². The van der Waals surface area contributed by atoms with Gasteiger partial charge in [0.1, 0.15) is 16.9 Å². The van der Waals surface area contributed by atoms with Crippen LogP contribution < -0.4 is 14.4 Å². The van der Waals surface area contributed by atoms with Crippen LogP contribution in [0.5, 0.6) is 11.5 Å². The summed E-state index contributed by atoms with van der Waals surface area (Å²) in [5, 5.41) is 0.559. The summed E-state index contributed by atoms with van der Waals surface area (Å²) in [5.74, 6) is -0.510. The van der Waals surface area contributed by atoms with Gasteiger partial charge in [0, 0.05) is 39.4 Å². The van der Waals surface area contributed by atoms with Crippen LogP contribution in [0.2, 0.25) is 5.02 Å². The second kappa shape index (κ2) is 8.32. The standard InChI is InChI=1S/C30H24ClNO5/c1-16(33)27-26(22-11-10-19(36-2)15-24(22)37-3)30(28(34)20-6-4-5-7-21(20)29(30)35)25-13-8-17-14-18(31)9-12-23(17)32(25)27/h4-15,25-27H,1-3H3/t25-,26-,27+/m1/s1. The molecule has 6 rings (SSSR count). The molecule has 3 aliphatic rings. The first kappa shape index (κ1) is 23.5. The van der Waals surface area contributed by atoms with Gasteiger partial charge in [-0.2, -0.15) is 0 Å². The first-order valence-corrected chi connectivity index (χ1v) is 12.4. The van der Waals surface area contributed by atoms with Crippen molar-refractivity contribution in [2.45, 2.75) is 24.9 Å². The summed E-state index contributed by atoms with van der Waals surface area (Å²) in [4.78, 5) is 44.4. The van der Waals surface area contributed by atoms with Crippen LogP contribution in [0.1, 0.15) is 44.7 Å². The lowest BCUT2D eigenvalue weighted by molar-refractivity contribution is -0.118. The minimum absolute atomic E-state index is 0.155. The molecule has 2 aliphatic heterocycles. The second-order valence-corrected chi connectivity index (χ2v) is 10.1. The third-order valence-electron chi connectivity index (χ3n) is 7.96. The zero-order valence-corrected chi connectivity index (χ0v) is 21.3. The maximum absolute atomic E-state index is 14.4. The van der Waals surface area contributed by atoms with Gasteiger partial charge in [0.05, 0.1) is 26.3 Å². The monoisotopic (exact) mass is 513 g/mol. The zero-order chi connectivity index (χ0) is 26.1. The molecule has 7 heteroatoms. The average molecular weight is 514 g/mol. The molecule has 3 aromatic rings. The number of benzene rings is 3. The van der Waals surface area contributed by atoms with E-state index in [4.69, 9.17) is 21.1 Å². The van der Waals surface area contributed by atoms with E-state index in [1.54, 1.807) is 55.6 Å². The lowest BCUT2D eigenvalue weighted by Gasteiger charge is -2.37. The summed E-state index contributed by atoms with van der Waals surface area (Å²) in [6.07, 6.45) is 3.75. The topological polar surface area (TPSA) is 72.9 Å². The number of rotatable bonds is 4. The number of hydrogen-bond acceptors (Lipinski definition) is 6. The van der Waals surface area contributed by atoms with E-state index >= 15 is 0 Å². The van der Waals surface area contributed by atoms with Crippen LogP contribution in [0.15, 0.2) is 66.7 Å². The number of hydrogen-bond donors (Lipinski definition) is 0. The number of ether oxygens (including phenoxy) is 2. The van der Waals surface area contributed by atoms with Gasteiger partial charge in [0.25, 0.3) is 0 Å². The predicted molar refractivity (Wildman–Crippen MR) is 141 cm³/mol. The van der Waals surface area contributed by atoms with Gasteiger partial charge in [-0.3, -0.25) is 14.4 Å². The summed E-state index contributed by atoms with van der Waals surface area (Å²) in [6.45, 7) is 1.51.